The quantitative estimate of drug-likeness (QED) is 0.586. The number of rotatable bonds is 6. The van der Waals surface area contributed by atoms with Crippen molar-refractivity contribution in [3.63, 3.8) is 0 Å². The highest BCUT2D eigenvalue weighted by molar-refractivity contribution is 9.10. The van der Waals surface area contributed by atoms with E-state index in [-0.39, 0.29) is 11.1 Å². The van der Waals surface area contributed by atoms with Gasteiger partial charge in [-0.3, -0.25) is 4.79 Å². The van der Waals surface area contributed by atoms with Crippen molar-refractivity contribution in [3.8, 4) is 0 Å². The van der Waals surface area contributed by atoms with E-state index >= 15 is 0 Å². The number of pyridine rings is 1. The van der Waals surface area contributed by atoms with Gasteiger partial charge in [-0.15, -0.1) is 0 Å². The monoisotopic (exact) mass is 346 g/mol. The molecule has 1 heterocycles. The molecule has 0 atom stereocenters. The zero-order chi connectivity index (χ0) is 13.8. The van der Waals surface area contributed by atoms with Crippen molar-refractivity contribution >= 4 is 33.4 Å². The molecule has 1 aromatic heterocycles. The van der Waals surface area contributed by atoms with E-state index in [9.17, 15) is 4.79 Å². The molecule has 0 N–H and O–H groups in total. The minimum absolute atomic E-state index is 0.0685. The number of aromatic nitrogens is 1. The molecule has 0 unspecified atom stereocenters. The molecule has 0 aliphatic heterocycles. The van der Waals surface area contributed by atoms with E-state index in [1.165, 1.54) is 0 Å². The van der Waals surface area contributed by atoms with Crippen LogP contribution < -0.4 is 0 Å². The van der Waals surface area contributed by atoms with Crippen LogP contribution in [0.5, 0.6) is 0 Å². The average molecular weight is 348 g/mol. The van der Waals surface area contributed by atoms with Crippen LogP contribution in [0.25, 0.3) is 0 Å². The molecule has 0 spiro atoms. The molecule has 19 heavy (non-hydrogen) atoms. The number of hydrogen-bond donors (Lipinski definition) is 0. The molecule has 6 heteroatoms. The first-order chi connectivity index (χ1) is 9.13. The number of ether oxygens (including phenoxy) is 1. The molecule has 0 aromatic carbocycles. The first-order valence-electron chi connectivity index (χ1n) is 6.33. The highest BCUT2D eigenvalue weighted by Crippen LogP contribution is 2.29. The van der Waals surface area contributed by atoms with Gasteiger partial charge in [0.1, 0.15) is 5.15 Å². The van der Waals surface area contributed by atoms with Crippen molar-refractivity contribution < 1.29 is 9.53 Å². The number of hydrogen-bond acceptors (Lipinski definition) is 3. The van der Waals surface area contributed by atoms with E-state index in [4.69, 9.17) is 16.3 Å². The molecule has 1 amide bonds. The summed E-state index contributed by atoms with van der Waals surface area (Å²) in [5.41, 5.74) is 0.444. The summed E-state index contributed by atoms with van der Waals surface area (Å²) in [7, 11) is 0. The van der Waals surface area contributed by atoms with Gasteiger partial charge in [-0.25, -0.2) is 4.98 Å². The summed E-state index contributed by atoms with van der Waals surface area (Å²) < 4.78 is 6.08. The van der Waals surface area contributed by atoms with Gasteiger partial charge in [0.25, 0.3) is 5.91 Å². The van der Waals surface area contributed by atoms with Gasteiger partial charge in [-0.1, -0.05) is 11.6 Å². The maximum absolute atomic E-state index is 12.5. The average Bonchev–Trinajstić information content (AvgIpc) is 3.21. The third-order valence-corrected chi connectivity index (χ3v) is 3.70. The number of carbonyl (C=O) groups excluding carboxylic acids is 1. The zero-order valence-electron chi connectivity index (χ0n) is 10.7. The Labute approximate surface area is 126 Å². The molecule has 1 aliphatic rings. The summed E-state index contributed by atoms with van der Waals surface area (Å²) in [6.07, 6.45) is 3.69. The lowest BCUT2D eigenvalue weighted by Gasteiger charge is -2.22. The maximum Gasteiger partial charge on any atom is 0.257 e. The van der Waals surface area contributed by atoms with Crippen LogP contribution in [-0.4, -0.2) is 41.6 Å². The first kappa shape index (κ1) is 14.8. The van der Waals surface area contributed by atoms with E-state index in [1.807, 2.05) is 11.8 Å². The van der Waals surface area contributed by atoms with Gasteiger partial charge in [-0.05, 0) is 41.8 Å². The molecular formula is C13H16BrClN2O2. The minimum atomic E-state index is -0.0685. The predicted octanol–water partition coefficient (Wildman–Crippen LogP) is 3.14. The Morgan fingerprint density at radius 3 is 3.00 bits per heavy atom. The molecule has 0 radical (unpaired) electrons. The summed E-state index contributed by atoms with van der Waals surface area (Å²) >= 11 is 9.32. The zero-order valence-corrected chi connectivity index (χ0v) is 13.1. The summed E-state index contributed by atoms with van der Waals surface area (Å²) in [6.45, 7) is 3.75. The number of amides is 1. The fourth-order valence-electron chi connectivity index (χ4n) is 1.87. The summed E-state index contributed by atoms with van der Waals surface area (Å²) in [5, 5.41) is 0.246. The van der Waals surface area contributed by atoms with Crippen molar-refractivity contribution in [2.24, 2.45) is 0 Å². The first-order valence-corrected chi connectivity index (χ1v) is 7.50. The molecular weight excluding hydrogens is 332 g/mol. The second kappa shape index (κ2) is 6.68. The van der Waals surface area contributed by atoms with Gasteiger partial charge < -0.3 is 9.64 Å². The van der Waals surface area contributed by atoms with Crippen molar-refractivity contribution in [2.45, 2.75) is 25.8 Å². The number of halogens is 2. The van der Waals surface area contributed by atoms with Crippen LogP contribution in [0.15, 0.2) is 16.7 Å². The Kier molecular flexibility index (Phi) is 5.19. The van der Waals surface area contributed by atoms with Gasteiger partial charge in [0.05, 0.1) is 12.2 Å². The second-order valence-corrected chi connectivity index (χ2v) is 5.69. The van der Waals surface area contributed by atoms with Gasteiger partial charge in [-0.2, -0.15) is 0 Å². The van der Waals surface area contributed by atoms with Gasteiger partial charge in [0, 0.05) is 29.9 Å². The van der Waals surface area contributed by atoms with Gasteiger partial charge in [0.2, 0.25) is 0 Å². The fourth-order valence-corrected chi connectivity index (χ4v) is 2.39. The highest BCUT2D eigenvalue weighted by Gasteiger charge is 2.33. The van der Waals surface area contributed by atoms with Crippen molar-refractivity contribution in [3.05, 3.63) is 27.5 Å². The summed E-state index contributed by atoms with van der Waals surface area (Å²) in [5.74, 6) is -0.0685. The van der Waals surface area contributed by atoms with Crippen LogP contribution in [0.4, 0.5) is 0 Å². The van der Waals surface area contributed by atoms with Crippen LogP contribution in [0.3, 0.4) is 0 Å². The van der Waals surface area contributed by atoms with Crippen LogP contribution >= 0.6 is 27.5 Å². The second-order valence-electron chi connectivity index (χ2n) is 4.42. The lowest BCUT2D eigenvalue weighted by Crippen LogP contribution is -2.36. The third kappa shape index (κ3) is 3.91. The van der Waals surface area contributed by atoms with E-state index in [0.717, 1.165) is 17.3 Å². The molecule has 2 rings (SSSR count). The minimum Gasteiger partial charge on any atom is -0.380 e. The number of nitrogens with zero attached hydrogens (tertiary/aromatic N) is 2. The standard InChI is InChI=1S/C13H16BrClN2O2/c1-2-19-6-5-17(10-3-4-10)13(18)11-7-9(14)8-16-12(11)15/h7-8,10H,2-6H2,1H3. The van der Waals surface area contributed by atoms with Gasteiger partial charge in [0.15, 0.2) is 0 Å². The normalized spacial score (nSPS) is 14.5. The third-order valence-electron chi connectivity index (χ3n) is 2.97. The molecule has 1 aromatic rings. The Morgan fingerprint density at radius 1 is 1.63 bits per heavy atom. The molecule has 4 nitrogen and oxygen atoms in total. The van der Waals surface area contributed by atoms with Gasteiger partial charge >= 0.3 is 0 Å². The Hall–Kier alpha value is -0.650. The van der Waals surface area contributed by atoms with Crippen molar-refractivity contribution in [1.82, 2.24) is 9.88 Å². The maximum atomic E-state index is 12.5. The van der Waals surface area contributed by atoms with Crippen LogP contribution in [-0.2, 0) is 4.74 Å². The Morgan fingerprint density at radius 2 is 2.37 bits per heavy atom. The SMILES string of the molecule is CCOCCN(C(=O)c1cc(Br)cnc1Cl)C1CC1. The molecule has 1 saturated carbocycles. The fraction of sp³-hybridized carbons (Fsp3) is 0.538. The molecule has 104 valence electrons. The highest BCUT2D eigenvalue weighted by atomic mass is 79.9. The Bertz CT molecular complexity index is 466. The van der Waals surface area contributed by atoms with Crippen molar-refractivity contribution in [2.75, 3.05) is 19.8 Å². The Balaban J connectivity index is 2.12. The number of carbonyl (C=O) groups is 1. The molecule has 0 saturated heterocycles. The smallest absolute Gasteiger partial charge is 0.257 e. The van der Waals surface area contributed by atoms with Crippen LogP contribution in [0.2, 0.25) is 5.15 Å². The van der Waals surface area contributed by atoms with Crippen molar-refractivity contribution in [1.29, 1.82) is 0 Å². The van der Waals surface area contributed by atoms with E-state index in [0.29, 0.717) is 31.4 Å². The largest absolute Gasteiger partial charge is 0.380 e. The van der Waals surface area contributed by atoms with Crippen LogP contribution in [0, 0.1) is 0 Å². The molecule has 1 fully saturated rings. The molecule has 1 aliphatic carbocycles. The predicted molar refractivity (Wildman–Crippen MR) is 77.5 cm³/mol. The van der Waals surface area contributed by atoms with E-state index < -0.39 is 0 Å². The summed E-state index contributed by atoms with van der Waals surface area (Å²) in [6, 6.07) is 2.04. The summed E-state index contributed by atoms with van der Waals surface area (Å²) in [4.78, 5) is 18.4. The topological polar surface area (TPSA) is 42.4 Å². The van der Waals surface area contributed by atoms with Crippen LogP contribution in [0.1, 0.15) is 30.1 Å². The lowest BCUT2D eigenvalue weighted by molar-refractivity contribution is 0.0641. The molecule has 0 bridgehead atoms. The van der Waals surface area contributed by atoms with E-state index in [2.05, 4.69) is 20.9 Å². The van der Waals surface area contributed by atoms with E-state index in [1.54, 1.807) is 12.3 Å². The lowest BCUT2D eigenvalue weighted by atomic mass is 10.2.